The van der Waals surface area contributed by atoms with E-state index in [2.05, 4.69) is 15.5 Å². The Morgan fingerprint density at radius 1 is 1.33 bits per heavy atom. The molecule has 0 aliphatic carbocycles. The lowest BCUT2D eigenvalue weighted by atomic mass is 9.97. The Morgan fingerprint density at radius 2 is 2.10 bits per heavy atom. The van der Waals surface area contributed by atoms with Crippen LogP contribution in [-0.4, -0.2) is 46.2 Å². The van der Waals surface area contributed by atoms with E-state index in [9.17, 15) is 8.42 Å². The molecule has 112 valence electrons. The van der Waals surface area contributed by atoms with E-state index in [1.54, 1.807) is 4.68 Å². The average Bonchev–Trinajstić information content (AvgIpc) is 3.06. The first-order valence-corrected chi connectivity index (χ1v) is 8.66. The second kappa shape index (κ2) is 5.53. The lowest BCUT2D eigenvalue weighted by molar-refractivity contribution is 0.450. The zero-order valence-corrected chi connectivity index (χ0v) is 12.3. The lowest BCUT2D eigenvalue weighted by Gasteiger charge is -2.17. The van der Waals surface area contributed by atoms with Gasteiger partial charge in [-0.05, 0) is 34.9 Å². The van der Waals surface area contributed by atoms with Crippen LogP contribution in [0, 0.1) is 5.92 Å². The van der Waals surface area contributed by atoms with Gasteiger partial charge in [-0.15, -0.1) is 5.10 Å². The Hall–Kier alpha value is -1.80. The highest BCUT2D eigenvalue weighted by Gasteiger charge is 2.32. The number of nitrogens with two attached hydrogens (primary N) is 1. The number of hydrogen-bond donors (Lipinski definition) is 1. The molecule has 1 fully saturated rings. The van der Waals surface area contributed by atoms with Gasteiger partial charge in [0.1, 0.15) is 0 Å². The molecule has 8 heteroatoms. The van der Waals surface area contributed by atoms with Crippen LogP contribution in [0.2, 0.25) is 0 Å². The van der Waals surface area contributed by atoms with Crippen LogP contribution in [-0.2, 0) is 16.3 Å². The van der Waals surface area contributed by atoms with Crippen LogP contribution in [0.1, 0.15) is 12.2 Å². The number of aromatic nitrogens is 4. The first kappa shape index (κ1) is 14.2. The highest BCUT2D eigenvalue weighted by atomic mass is 32.2. The van der Waals surface area contributed by atoms with Crippen LogP contribution >= 0.6 is 0 Å². The molecule has 2 unspecified atom stereocenters. The van der Waals surface area contributed by atoms with Gasteiger partial charge in [0.05, 0.1) is 17.2 Å². The number of hydrogen-bond acceptors (Lipinski definition) is 6. The van der Waals surface area contributed by atoms with E-state index in [1.165, 1.54) is 0 Å². The Balaban J connectivity index is 1.76. The molecule has 2 heterocycles. The van der Waals surface area contributed by atoms with Crippen molar-refractivity contribution in [2.75, 3.05) is 11.5 Å². The second-order valence-electron chi connectivity index (χ2n) is 5.37. The topological polar surface area (TPSA) is 104 Å². The van der Waals surface area contributed by atoms with E-state index in [0.717, 1.165) is 5.69 Å². The van der Waals surface area contributed by atoms with E-state index >= 15 is 0 Å². The van der Waals surface area contributed by atoms with Gasteiger partial charge in [-0.2, -0.15) is 4.68 Å². The smallest absolute Gasteiger partial charge is 0.158 e. The third-order valence-electron chi connectivity index (χ3n) is 3.83. The van der Waals surface area contributed by atoms with Crippen molar-refractivity contribution in [3.63, 3.8) is 0 Å². The molecule has 0 bridgehead atoms. The first-order chi connectivity index (χ1) is 10.1. The fourth-order valence-corrected chi connectivity index (χ4v) is 4.54. The van der Waals surface area contributed by atoms with Gasteiger partial charge in [0.2, 0.25) is 0 Å². The van der Waals surface area contributed by atoms with Crippen molar-refractivity contribution in [2.45, 2.75) is 18.9 Å². The molecule has 0 radical (unpaired) electrons. The molecule has 1 saturated heterocycles. The maximum atomic E-state index is 11.5. The largest absolute Gasteiger partial charge is 0.327 e. The fraction of sp³-hybridized carbons (Fsp3) is 0.462. The Bertz CT molecular complexity index is 713. The standard InChI is InChI=1S/C13H17N5O2S/c14-12(10-6-7-21(19,20)9-10)8-13-15-16-17-18(13)11-4-2-1-3-5-11/h1-5,10,12H,6-9,14H2. The highest BCUT2D eigenvalue weighted by molar-refractivity contribution is 7.91. The number of benzene rings is 1. The molecule has 1 aromatic heterocycles. The van der Waals surface area contributed by atoms with Crippen LogP contribution < -0.4 is 5.73 Å². The molecule has 2 aromatic rings. The predicted molar refractivity (Wildman–Crippen MR) is 77.6 cm³/mol. The van der Waals surface area contributed by atoms with E-state index in [-0.39, 0.29) is 23.5 Å². The summed E-state index contributed by atoms with van der Waals surface area (Å²) >= 11 is 0. The van der Waals surface area contributed by atoms with E-state index < -0.39 is 9.84 Å². The molecule has 1 aromatic carbocycles. The van der Waals surface area contributed by atoms with Crippen molar-refractivity contribution in [2.24, 2.45) is 11.7 Å². The monoisotopic (exact) mass is 307 g/mol. The number of sulfone groups is 1. The minimum Gasteiger partial charge on any atom is -0.327 e. The van der Waals surface area contributed by atoms with E-state index in [1.807, 2.05) is 30.3 Å². The van der Waals surface area contributed by atoms with Crippen molar-refractivity contribution in [3.8, 4) is 5.69 Å². The first-order valence-electron chi connectivity index (χ1n) is 6.84. The van der Waals surface area contributed by atoms with Crippen molar-refractivity contribution < 1.29 is 8.42 Å². The minimum absolute atomic E-state index is 0.0177. The molecule has 1 aliphatic rings. The molecule has 7 nitrogen and oxygen atoms in total. The zero-order chi connectivity index (χ0) is 14.9. The number of para-hydroxylation sites is 1. The van der Waals surface area contributed by atoms with Gasteiger partial charge in [-0.3, -0.25) is 0 Å². The van der Waals surface area contributed by atoms with Gasteiger partial charge in [-0.25, -0.2) is 8.42 Å². The summed E-state index contributed by atoms with van der Waals surface area (Å²) in [5.41, 5.74) is 7.03. The number of rotatable bonds is 4. The number of tetrazole rings is 1. The average molecular weight is 307 g/mol. The molecule has 2 N–H and O–H groups in total. The normalized spacial score (nSPS) is 22.2. The third-order valence-corrected chi connectivity index (χ3v) is 5.62. The summed E-state index contributed by atoms with van der Waals surface area (Å²) in [6.07, 6.45) is 1.08. The van der Waals surface area contributed by atoms with Gasteiger partial charge in [0.15, 0.2) is 15.7 Å². The van der Waals surface area contributed by atoms with Gasteiger partial charge < -0.3 is 5.73 Å². The van der Waals surface area contributed by atoms with Gasteiger partial charge in [0, 0.05) is 12.5 Å². The Labute approximate surface area is 123 Å². The molecule has 0 saturated carbocycles. The molecule has 3 rings (SSSR count). The quantitative estimate of drug-likeness (QED) is 0.850. The molecular formula is C13H17N5O2S. The fourth-order valence-electron chi connectivity index (χ4n) is 2.64. The van der Waals surface area contributed by atoms with E-state index in [0.29, 0.717) is 18.7 Å². The summed E-state index contributed by atoms with van der Waals surface area (Å²) in [4.78, 5) is 0. The van der Waals surface area contributed by atoms with Gasteiger partial charge in [-0.1, -0.05) is 18.2 Å². The zero-order valence-electron chi connectivity index (χ0n) is 11.5. The molecular weight excluding hydrogens is 290 g/mol. The summed E-state index contributed by atoms with van der Waals surface area (Å²) < 4.78 is 24.7. The van der Waals surface area contributed by atoms with E-state index in [4.69, 9.17) is 5.73 Å². The minimum atomic E-state index is -2.92. The predicted octanol–water partition coefficient (Wildman–Crippen LogP) is -0.0332. The molecule has 1 aliphatic heterocycles. The van der Waals surface area contributed by atoms with Crippen molar-refractivity contribution in [1.29, 1.82) is 0 Å². The van der Waals surface area contributed by atoms with Crippen LogP contribution in [0.15, 0.2) is 30.3 Å². The van der Waals surface area contributed by atoms with Gasteiger partial charge >= 0.3 is 0 Å². The molecule has 0 spiro atoms. The van der Waals surface area contributed by atoms with Gasteiger partial charge in [0.25, 0.3) is 0 Å². The molecule has 0 amide bonds. The maximum absolute atomic E-state index is 11.5. The van der Waals surface area contributed by atoms with Crippen LogP contribution in [0.4, 0.5) is 0 Å². The summed E-state index contributed by atoms with van der Waals surface area (Å²) in [6.45, 7) is 0. The molecule has 2 atom stereocenters. The highest BCUT2D eigenvalue weighted by Crippen LogP contribution is 2.22. The van der Waals surface area contributed by atoms with Crippen molar-refractivity contribution in [1.82, 2.24) is 20.2 Å². The van der Waals surface area contributed by atoms with Crippen LogP contribution in [0.3, 0.4) is 0 Å². The van der Waals surface area contributed by atoms with Crippen molar-refractivity contribution in [3.05, 3.63) is 36.2 Å². The van der Waals surface area contributed by atoms with Crippen LogP contribution in [0.5, 0.6) is 0 Å². The lowest BCUT2D eigenvalue weighted by Crippen LogP contribution is -2.34. The van der Waals surface area contributed by atoms with Crippen molar-refractivity contribution >= 4 is 9.84 Å². The SMILES string of the molecule is NC(Cc1nnnn1-c1ccccc1)C1CCS(=O)(=O)C1. The Kier molecular flexibility index (Phi) is 3.73. The second-order valence-corrected chi connectivity index (χ2v) is 7.60. The van der Waals surface area contributed by atoms with Crippen LogP contribution in [0.25, 0.3) is 5.69 Å². The summed E-state index contributed by atoms with van der Waals surface area (Å²) in [6, 6.07) is 9.30. The number of nitrogens with zero attached hydrogens (tertiary/aromatic N) is 4. The summed E-state index contributed by atoms with van der Waals surface area (Å²) in [7, 11) is -2.92. The third kappa shape index (κ3) is 3.11. The summed E-state index contributed by atoms with van der Waals surface area (Å²) in [5, 5.41) is 11.7. The molecule has 21 heavy (non-hydrogen) atoms. The summed E-state index contributed by atoms with van der Waals surface area (Å²) in [5.74, 6) is 1.03. The Morgan fingerprint density at radius 3 is 2.76 bits per heavy atom. The maximum Gasteiger partial charge on any atom is 0.158 e.